The molecule has 2 aliphatic rings. The highest BCUT2D eigenvalue weighted by atomic mass is 79.9. The van der Waals surface area contributed by atoms with Crippen molar-refractivity contribution in [1.29, 1.82) is 0 Å². The average Bonchev–Trinajstić information content (AvgIpc) is 2.96. The third-order valence-corrected chi connectivity index (χ3v) is 5.01. The van der Waals surface area contributed by atoms with Crippen LogP contribution in [-0.2, 0) is 0 Å². The summed E-state index contributed by atoms with van der Waals surface area (Å²) in [4.78, 5) is 0. The third kappa shape index (κ3) is 2.30. The van der Waals surface area contributed by atoms with Crippen molar-refractivity contribution in [2.45, 2.75) is 32.3 Å². The van der Waals surface area contributed by atoms with Gasteiger partial charge in [0.25, 0.3) is 0 Å². The highest BCUT2D eigenvalue weighted by Gasteiger charge is 2.48. The molecule has 1 aromatic carbocycles. The molecule has 98 valence electrons. The lowest BCUT2D eigenvalue weighted by Gasteiger charge is -2.21. The van der Waals surface area contributed by atoms with E-state index in [1.165, 1.54) is 19.3 Å². The van der Waals surface area contributed by atoms with Gasteiger partial charge in [-0.3, -0.25) is 0 Å². The van der Waals surface area contributed by atoms with Crippen LogP contribution >= 0.6 is 15.9 Å². The van der Waals surface area contributed by atoms with Gasteiger partial charge in [-0.25, -0.2) is 0 Å². The Labute approximate surface area is 116 Å². The van der Waals surface area contributed by atoms with Crippen molar-refractivity contribution in [3.05, 3.63) is 28.2 Å². The first-order valence-corrected chi connectivity index (χ1v) is 7.58. The van der Waals surface area contributed by atoms with E-state index in [-0.39, 0.29) is 6.10 Å². The Morgan fingerprint density at radius 3 is 2.67 bits per heavy atom. The second-order valence-corrected chi connectivity index (χ2v) is 6.40. The van der Waals surface area contributed by atoms with Crippen molar-refractivity contribution >= 4 is 15.9 Å². The largest absolute Gasteiger partial charge is 0.494 e. The number of hydrogen-bond donors (Lipinski definition) is 1. The van der Waals surface area contributed by atoms with Crippen LogP contribution < -0.4 is 4.74 Å². The maximum Gasteiger partial charge on any atom is 0.120 e. The van der Waals surface area contributed by atoms with E-state index in [0.29, 0.717) is 12.5 Å². The van der Waals surface area contributed by atoms with Crippen molar-refractivity contribution < 1.29 is 9.84 Å². The fourth-order valence-electron chi connectivity index (χ4n) is 3.28. The summed E-state index contributed by atoms with van der Waals surface area (Å²) in [5.41, 5.74) is 1.00. The Balaban J connectivity index is 1.74. The van der Waals surface area contributed by atoms with E-state index in [0.717, 1.165) is 27.6 Å². The van der Waals surface area contributed by atoms with Gasteiger partial charge in [0.2, 0.25) is 0 Å². The fourth-order valence-corrected chi connectivity index (χ4v) is 3.87. The van der Waals surface area contributed by atoms with Crippen molar-refractivity contribution in [3.63, 3.8) is 0 Å². The summed E-state index contributed by atoms with van der Waals surface area (Å²) < 4.78 is 6.42. The predicted molar refractivity (Wildman–Crippen MR) is 74.6 cm³/mol. The molecule has 0 aromatic heterocycles. The highest BCUT2D eigenvalue weighted by Crippen LogP contribution is 2.57. The minimum Gasteiger partial charge on any atom is -0.494 e. The number of benzene rings is 1. The van der Waals surface area contributed by atoms with E-state index in [1.807, 2.05) is 25.1 Å². The molecule has 3 heteroatoms. The number of hydrogen-bond acceptors (Lipinski definition) is 2. The molecule has 0 amide bonds. The summed E-state index contributed by atoms with van der Waals surface area (Å²) in [5, 5.41) is 10.5. The first kappa shape index (κ1) is 12.5. The first-order chi connectivity index (χ1) is 8.69. The molecule has 0 bridgehead atoms. The zero-order valence-corrected chi connectivity index (χ0v) is 12.2. The van der Waals surface area contributed by atoms with Gasteiger partial charge in [-0.15, -0.1) is 0 Å². The summed E-state index contributed by atoms with van der Waals surface area (Å²) in [6, 6.07) is 5.89. The fraction of sp³-hybridized carbons (Fsp3) is 0.600. The predicted octanol–water partition coefficient (Wildman–Crippen LogP) is 3.93. The lowest BCUT2D eigenvalue weighted by molar-refractivity contribution is 0.104. The second-order valence-electron chi connectivity index (χ2n) is 5.55. The van der Waals surface area contributed by atoms with Gasteiger partial charge in [-0.05, 0) is 61.6 Å². The van der Waals surface area contributed by atoms with Crippen molar-refractivity contribution in [2.75, 3.05) is 6.61 Å². The summed E-state index contributed by atoms with van der Waals surface area (Å²) in [5.74, 6) is 3.12. The molecule has 0 spiro atoms. The normalized spacial score (nSPS) is 30.9. The third-order valence-electron chi connectivity index (χ3n) is 4.33. The number of halogens is 1. The summed E-state index contributed by atoms with van der Waals surface area (Å²) >= 11 is 3.55. The van der Waals surface area contributed by atoms with Crippen LogP contribution in [0.2, 0.25) is 0 Å². The van der Waals surface area contributed by atoms with Crippen LogP contribution in [0.3, 0.4) is 0 Å². The molecular weight excluding hydrogens is 292 g/mol. The Bertz CT molecular complexity index is 436. The van der Waals surface area contributed by atoms with E-state index in [4.69, 9.17) is 4.74 Å². The molecule has 2 saturated carbocycles. The summed E-state index contributed by atoms with van der Waals surface area (Å²) in [6.07, 6.45) is 3.47. The monoisotopic (exact) mass is 310 g/mol. The second kappa shape index (κ2) is 4.86. The molecule has 1 aromatic rings. The Morgan fingerprint density at radius 1 is 1.33 bits per heavy atom. The zero-order chi connectivity index (χ0) is 12.7. The van der Waals surface area contributed by atoms with Crippen LogP contribution in [0.1, 0.15) is 37.9 Å². The standard InChI is InChI=1S/C15H19BrO2/c1-2-18-12-3-4-13(14(16)8-12)15(17)11-6-9-5-10(9)7-11/h3-4,8-11,15,17H,2,5-7H2,1H3. The number of aliphatic hydroxyl groups excluding tert-OH is 1. The Morgan fingerprint density at radius 2 is 2.06 bits per heavy atom. The van der Waals surface area contributed by atoms with Gasteiger partial charge in [0, 0.05) is 4.47 Å². The van der Waals surface area contributed by atoms with Gasteiger partial charge < -0.3 is 9.84 Å². The zero-order valence-electron chi connectivity index (χ0n) is 10.6. The topological polar surface area (TPSA) is 29.5 Å². The molecule has 18 heavy (non-hydrogen) atoms. The molecule has 2 nitrogen and oxygen atoms in total. The van der Waals surface area contributed by atoms with Crippen LogP contribution in [0, 0.1) is 17.8 Å². The van der Waals surface area contributed by atoms with Crippen molar-refractivity contribution in [3.8, 4) is 5.75 Å². The van der Waals surface area contributed by atoms with Crippen LogP contribution in [0.4, 0.5) is 0 Å². The number of ether oxygens (including phenoxy) is 1. The van der Waals surface area contributed by atoms with Crippen molar-refractivity contribution in [1.82, 2.24) is 0 Å². The summed E-state index contributed by atoms with van der Waals surface area (Å²) in [7, 11) is 0. The van der Waals surface area contributed by atoms with Crippen LogP contribution in [-0.4, -0.2) is 11.7 Å². The minimum absolute atomic E-state index is 0.331. The van der Waals surface area contributed by atoms with E-state index in [9.17, 15) is 5.11 Å². The molecule has 2 fully saturated rings. The highest BCUT2D eigenvalue weighted by molar-refractivity contribution is 9.10. The van der Waals surface area contributed by atoms with Gasteiger partial charge in [0.15, 0.2) is 0 Å². The molecule has 1 N–H and O–H groups in total. The van der Waals surface area contributed by atoms with E-state index in [2.05, 4.69) is 15.9 Å². The smallest absolute Gasteiger partial charge is 0.120 e. The van der Waals surface area contributed by atoms with E-state index < -0.39 is 0 Å². The van der Waals surface area contributed by atoms with Gasteiger partial charge in [-0.1, -0.05) is 22.0 Å². The lowest BCUT2D eigenvalue weighted by atomic mass is 9.91. The van der Waals surface area contributed by atoms with E-state index in [1.54, 1.807) is 0 Å². The quantitative estimate of drug-likeness (QED) is 0.913. The van der Waals surface area contributed by atoms with E-state index >= 15 is 0 Å². The number of rotatable bonds is 4. The minimum atomic E-state index is -0.331. The average molecular weight is 311 g/mol. The first-order valence-electron chi connectivity index (χ1n) is 6.79. The van der Waals surface area contributed by atoms with Crippen LogP contribution in [0.5, 0.6) is 5.75 Å². The SMILES string of the molecule is CCOc1ccc(C(O)C2CC3CC3C2)c(Br)c1. The van der Waals surface area contributed by atoms with Crippen molar-refractivity contribution in [2.24, 2.45) is 17.8 Å². The van der Waals surface area contributed by atoms with Crippen LogP contribution in [0.25, 0.3) is 0 Å². The lowest BCUT2D eigenvalue weighted by Crippen LogP contribution is -2.11. The van der Waals surface area contributed by atoms with Gasteiger partial charge in [-0.2, -0.15) is 0 Å². The van der Waals surface area contributed by atoms with Gasteiger partial charge >= 0.3 is 0 Å². The van der Waals surface area contributed by atoms with Gasteiger partial charge in [0.1, 0.15) is 5.75 Å². The molecule has 3 atom stereocenters. The maximum atomic E-state index is 10.5. The Hall–Kier alpha value is -0.540. The molecule has 3 unspecified atom stereocenters. The maximum absolute atomic E-state index is 10.5. The molecule has 0 saturated heterocycles. The van der Waals surface area contributed by atoms with Crippen LogP contribution in [0.15, 0.2) is 22.7 Å². The molecule has 0 aliphatic heterocycles. The number of aliphatic hydroxyl groups is 1. The Kier molecular flexibility index (Phi) is 3.37. The molecule has 3 rings (SSSR count). The molecule has 2 aliphatic carbocycles. The number of fused-ring (bicyclic) bond motifs is 1. The molecular formula is C15H19BrO2. The molecule has 0 heterocycles. The molecule has 0 radical (unpaired) electrons. The summed E-state index contributed by atoms with van der Waals surface area (Å²) in [6.45, 7) is 2.64. The van der Waals surface area contributed by atoms with Gasteiger partial charge in [0.05, 0.1) is 12.7 Å².